The first-order valence-electron chi connectivity index (χ1n) is 7.46. The monoisotopic (exact) mass is 321 g/mol. The van der Waals surface area contributed by atoms with Crippen LogP contribution in [0.1, 0.15) is 39.2 Å². The van der Waals surface area contributed by atoms with Crippen LogP contribution in [0.5, 0.6) is 0 Å². The van der Waals surface area contributed by atoms with Crippen molar-refractivity contribution in [2.24, 2.45) is 0 Å². The predicted octanol–water partition coefficient (Wildman–Crippen LogP) is 2.90. The third-order valence-electron chi connectivity index (χ3n) is 2.85. The van der Waals surface area contributed by atoms with E-state index in [0.717, 1.165) is 12.0 Å². The molecule has 0 saturated carbocycles. The molecule has 1 aromatic carbocycles. The summed E-state index contributed by atoms with van der Waals surface area (Å²) in [5.74, 6) is -0.130. The molecule has 0 spiro atoms. The van der Waals surface area contributed by atoms with Crippen LogP contribution in [0, 0.1) is 0 Å². The van der Waals surface area contributed by atoms with E-state index in [9.17, 15) is 14.4 Å². The van der Waals surface area contributed by atoms with E-state index in [4.69, 9.17) is 4.74 Å². The Kier molecular flexibility index (Phi) is 7.25. The van der Waals surface area contributed by atoms with Gasteiger partial charge in [0.15, 0.2) is 0 Å². The van der Waals surface area contributed by atoms with Gasteiger partial charge in [-0.15, -0.1) is 0 Å². The van der Waals surface area contributed by atoms with Crippen LogP contribution in [-0.2, 0) is 25.7 Å². The largest absolute Gasteiger partial charge is 0.463 e. The fourth-order valence-corrected chi connectivity index (χ4v) is 1.86. The maximum atomic E-state index is 11.4. The molecule has 6 nitrogen and oxygen atoms in total. The number of likely N-dealkylation sites (tertiary alicyclic amines) is 1. The van der Waals surface area contributed by atoms with E-state index in [-0.39, 0.29) is 5.91 Å². The van der Waals surface area contributed by atoms with Gasteiger partial charge in [0.1, 0.15) is 12.2 Å². The number of imide groups is 1. The van der Waals surface area contributed by atoms with E-state index in [1.54, 1.807) is 20.8 Å². The van der Waals surface area contributed by atoms with Gasteiger partial charge in [0.05, 0.1) is 0 Å². The van der Waals surface area contributed by atoms with Crippen molar-refractivity contribution in [1.82, 2.24) is 4.90 Å². The Morgan fingerprint density at radius 1 is 1.26 bits per heavy atom. The second-order valence-electron chi connectivity index (χ2n) is 6.02. The van der Waals surface area contributed by atoms with Crippen molar-refractivity contribution in [3.63, 3.8) is 0 Å². The molecule has 0 unspecified atom stereocenters. The van der Waals surface area contributed by atoms with Gasteiger partial charge >= 0.3 is 6.09 Å². The fraction of sp³-hybridized carbons (Fsp3) is 0.471. The topological polar surface area (TPSA) is 72.9 Å². The van der Waals surface area contributed by atoms with Crippen molar-refractivity contribution in [1.29, 1.82) is 0 Å². The quantitative estimate of drug-likeness (QED) is 0.800. The van der Waals surface area contributed by atoms with Crippen LogP contribution in [0.3, 0.4) is 0 Å². The summed E-state index contributed by atoms with van der Waals surface area (Å²) in [5, 5.41) is 0. The van der Waals surface area contributed by atoms with Gasteiger partial charge in [-0.05, 0) is 32.8 Å². The number of nitrogens with zero attached hydrogens (tertiary/aromatic N) is 1. The summed E-state index contributed by atoms with van der Waals surface area (Å²) in [6.45, 7) is 6.66. The number of rotatable bonds is 3. The molecule has 1 heterocycles. The summed E-state index contributed by atoms with van der Waals surface area (Å²) in [5.41, 5.74) is 0.481. The standard InChI is InChI=1S/C9H15NO3.C8H8O2/c1-9(2,3)13-8(12)10-6-4-5-7(10)11;9-7-10-6-8-4-2-1-3-5-8/h4-6H2,1-3H3;1-5,7H,6H2. The highest BCUT2D eigenvalue weighted by Gasteiger charge is 2.30. The normalized spacial score (nSPS) is 13.9. The molecule has 0 atom stereocenters. The minimum Gasteiger partial charge on any atom is -0.463 e. The third-order valence-corrected chi connectivity index (χ3v) is 2.85. The zero-order valence-electron chi connectivity index (χ0n) is 13.8. The maximum absolute atomic E-state index is 11.4. The first-order valence-corrected chi connectivity index (χ1v) is 7.46. The van der Waals surface area contributed by atoms with E-state index in [2.05, 4.69) is 4.74 Å². The van der Waals surface area contributed by atoms with Crippen molar-refractivity contribution in [2.45, 2.75) is 45.8 Å². The van der Waals surface area contributed by atoms with Crippen LogP contribution in [0.4, 0.5) is 4.79 Å². The van der Waals surface area contributed by atoms with E-state index >= 15 is 0 Å². The van der Waals surface area contributed by atoms with Gasteiger partial charge in [-0.2, -0.15) is 0 Å². The van der Waals surface area contributed by atoms with Crippen LogP contribution in [0.25, 0.3) is 0 Å². The number of hydrogen-bond acceptors (Lipinski definition) is 5. The molecule has 0 N–H and O–H groups in total. The van der Waals surface area contributed by atoms with Crippen LogP contribution in [0.15, 0.2) is 30.3 Å². The van der Waals surface area contributed by atoms with Crippen LogP contribution < -0.4 is 0 Å². The van der Waals surface area contributed by atoms with E-state index in [1.165, 1.54) is 4.90 Å². The number of benzene rings is 1. The molecular formula is C17H23NO5. The molecule has 2 amide bonds. The Morgan fingerprint density at radius 2 is 1.91 bits per heavy atom. The van der Waals surface area contributed by atoms with Crippen LogP contribution in [-0.4, -0.2) is 35.5 Å². The second-order valence-corrected chi connectivity index (χ2v) is 6.02. The Hall–Kier alpha value is -2.37. The predicted molar refractivity (Wildman–Crippen MR) is 84.5 cm³/mol. The van der Waals surface area contributed by atoms with Gasteiger partial charge in [0.25, 0.3) is 6.47 Å². The summed E-state index contributed by atoms with van der Waals surface area (Å²) in [4.78, 5) is 33.4. The summed E-state index contributed by atoms with van der Waals surface area (Å²) >= 11 is 0. The van der Waals surface area contributed by atoms with E-state index in [0.29, 0.717) is 26.0 Å². The van der Waals surface area contributed by atoms with E-state index in [1.807, 2.05) is 30.3 Å². The third kappa shape index (κ3) is 7.44. The average Bonchev–Trinajstić information content (AvgIpc) is 2.91. The highest BCUT2D eigenvalue weighted by molar-refractivity contribution is 5.93. The first kappa shape index (κ1) is 18.7. The molecule has 6 heteroatoms. The van der Waals surface area contributed by atoms with Crippen molar-refractivity contribution in [3.8, 4) is 0 Å². The molecule has 2 rings (SSSR count). The summed E-state index contributed by atoms with van der Waals surface area (Å²) < 4.78 is 9.60. The van der Waals surface area contributed by atoms with Gasteiger partial charge in [0.2, 0.25) is 5.91 Å². The van der Waals surface area contributed by atoms with Gasteiger partial charge in [-0.25, -0.2) is 9.69 Å². The average molecular weight is 321 g/mol. The molecule has 0 aromatic heterocycles. The lowest BCUT2D eigenvalue weighted by Crippen LogP contribution is -2.37. The number of carbonyl (C=O) groups excluding carboxylic acids is 3. The molecular weight excluding hydrogens is 298 g/mol. The van der Waals surface area contributed by atoms with Crippen molar-refractivity contribution in [2.75, 3.05) is 6.54 Å². The molecule has 0 radical (unpaired) electrons. The summed E-state index contributed by atoms with van der Waals surface area (Å²) in [6, 6.07) is 9.55. The van der Waals surface area contributed by atoms with E-state index < -0.39 is 11.7 Å². The number of carbonyl (C=O) groups is 3. The van der Waals surface area contributed by atoms with Gasteiger partial charge < -0.3 is 9.47 Å². The van der Waals surface area contributed by atoms with Crippen LogP contribution in [0.2, 0.25) is 0 Å². The zero-order chi connectivity index (χ0) is 17.3. The van der Waals surface area contributed by atoms with Crippen molar-refractivity contribution in [3.05, 3.63) is 35.9 Å². The minimum absolute atomic E-state index is 0.130. The van der Waals surface area contributed by atoms with Crippen molar-refractivity contribution < 1.29 is 23.9 Å². The molecule has 1 aliphatic heterocycles. The number of hydrogen-bond donors (Lipinski definition) is 0. The lowest BCUT2D eigenvalue weighted by atomic mass is 10.2. The van der Waals surface area contributed by atoms with Gasteiger partial charge in [-0.1, -0.05) is 30.3 Å². The van der Waals surface area contributed by atoms with Crippen molar-refractivity contribution >= 4 is 18.5 Å². The molecule has 0 aliphatic carbocycles. The lowest BCUT2D eigenvalue weighted by molar-refractivity contribution is -0.130. The van der Waals surface area contributed by atoms with Crippen LogP contribution >= 0.6 is 0 Å². The maximum Gasteiger partial charge on any atom is 0.417 e. The smallest absolute Gasteiger partial charge is 0.417 e. The molecule has 1 saturated heterocycles. The SMILES string of the molecule is CC(C)(C)OC(=O)N1CCCC1=O.O=COCc1ccccc1. The highest BCUT2D eigenvalue weighted by Crippen LogP contribution is 2.15. The molecule has 1 aromatic rings. The molecule has 1 fully saturated rings. The number of ether oxygens (including phenoxy) is 2. The fourth-order valence-electron chi connectivity index (χ4n) is 1.86. The Morgan fingerprint density at radius 3 is 2.39 bits per heavy atom. The first-order chi connectivity index (χ1) is 10.8. The molecule has 23 heavy (non-hydrogen) atoms. The highest BCUT2D eigenvalue weighted by atomic mass is 16.6. The minimum atomic E-state index is -0.528. The molecule has 0 bridgehead atoms. The zero-order valence-corrected chi connectivity index (χ0v) is 13.8. The van der Waals surface area contributed by atoms with Gasteiger partial charge in [-0.3, -0.25) is 9.59 Å². The Bertz CT molecular complexity index is 522. The van der Waals surface area contributed by atoms with Gasteiger partial charge in [0, 0.05) is 13.0 Å². The summed E-state index contributed by atoms with van der Waals surface area (Å²) in [7, 11) is 0. The summed E-state index contributed by atoms with van der Waals surface area (Å²) in [6.07, 6.45) is 0.687. The molecule has 126 valence electrons. The Labute approximate surface area is 136 Å². The second kappa shape index (κ2) is 8.92. The Balaban J connectivity index is 0.000000238. The number of amides is 2. The lowest BCUT2D eigenvalue weighted by Gasteiger charge is -2.23. The molecule has 1 aliphatic rings.